The monoisotopic (exact) mass is 722 g/mol. The van der Waals surface area contributed by atoms with Crippen molar-refractivity contribution in [1.82, 2.24) is 29.9 Å². The van der Waals surface area contributed by atoms with Crippen molar-refractivity contribution in [3.63, 3.8) is 0 Å². The molecule has 0 bridgehead atoms. The third kappa shape index (κ3) is 10.4. The number of hydrogen-bond acceptors (Lipinski definition) is 17. The molecular formula is C30H32N10Na2O7S. The van der Waals surface area contributed by atoms with Crippen molar-refractivity contribution in [2.24, 2.45) is 0 Å². The fourth-order valence-corrected chi connectivity index (χ4v) is 5.51. The molecule has 0 unspecified atom stereocenters. The van der Waals surface area contributed by atoms with Gasteiger partial charge in [-0.25, -0.2) is 8.42 Å². The maximum atomic E-state index is 12.3. The van der Waals surface area contributed by atoms with Crippen LogP contribution in [0.4, 0.5) is 35.2 Å². The summed E-state index contributed by atoms with van der Waals surface area (Å²) in [5, 5.41) is 6.09. The first kappa shape index (κ1) is 39.6. The first-order chi connectivity index (χ1) is 23.3. The summed E-state index contributed by atoms with van der Waals surface area (Å²) < 4.78 is 58.1. The molecule has 0 radical (unpaired) electrons. The number of morpholine rings is 2. The van der Waals surface area contributed by atoms with Crippen LogP contribution in [0.15, 0.2) is 41.3 Å². The Morgan fingerprint density at radius 2 is 1.28 bits per heavy atom. The molecule has 2 fully saturated rings. The molecule has 6 rings (SSSR count). The van der Waals surface area contributed by atoms with Gasteiger partial charge in [0.25, 0.3) is 0 Å². The average Bonchev–Trinajstić information content (AvgIpc) is 3.11. The molecule has 4 heterocycles. The van der Waals surface area contributed by atoms with Crippen molar-refractivity contribution >= 4 is 57.4 Å². The van der Waals surface area contributed by atoms with E-state index in [9.17, 15) is 13.0 Å². The number of nitrogens with one attached hydrogen (secondary N) is 2. The number of rotatable bonds is 11. The Morgan fingerprint density at radius 1 is 0.760 bits per heavy atom. The van der Waals surface area contributed by atoms with Gasteiger partial charge in [-0.15, -0.1) is 30.3 Å². The van der Waals surface area contributed by atoms with E-state index in [-0.39, 0.29) is 88.3 Å². The van der Waals surface area contributed by atoms with Gasteiger partial charge in [0, 0.05) is 31.9 Å². The van der Waals surface area contributed by atoms with Crippen LogP contribution in [-0.2, 0) is 19.6 Å². The molecule has 2 aliphatic heterocycles. The molecule has 2 aliphatic rings. The van der Waals surface area contributed by atoms with Gasteiger partial charge in [-0.05, 0) is 23.4 Å². The van der Waals surface area contributed by atoms with Gasteiger partial charge in [0.1, 0.15) is 10.1 Å². The standard InChI is InChI=1S/C30H33N10O7S.2Na/c1-44-29-35-25(33-27(37-29)39-11-15-46-16-12-39)31-22-8-4-20(5-9-22)3-6-21-7-10-23(19-24(21)48(41,42)43)32-26-34-28(38-30(36-26)45-2)40-13-17-47-18-14-40;;/h3-4,6-10,19H,11-18H2,1-2H3,(H,41,42,43)(H,31,33,35,37)(H,32,34,36,38);;/q-1;2*+1/p-1/b6-3+;;. The van der Waals surface area contributed by atoms with Gasteiger partial charge in [-0.3, -0.25) is 0 Å². The molecular weight excluding hydrogens is 690 g/mol. The van der Waals surface area contributed by atoms with Crippen LogP contribution in [0.1, 0.15) is 11.1 Å². The predicted molar refractivity (Wildman–Crippen MR) is 174 cm³/mol. The normalized spacial score (nSPS) is 14.8. The van der Waals surface area contributed by atoms with Gasteiger partial charge in [0.2, 0.25) is 23.8 Å². The second kappa shape index (κ2) is 18.4. The third-order valence-corrected chi connectivity index (χ3v) is 8.13. The van der Waals surface area contributed by atoms with E-state index in [0.29, 0.717) is 81.7 Å². The van der Waals surface area contributed by atoms with Gasteiger partial charge >= 0.3 is 71.1 Å². The zero-order chi connectivity index (χ0) is 33.5. The molecule has 4 aromatic rings. The molecule has 20 heteroatoms. The summed E-state index contributed by atoms with van der Waals surface area (Å²) in [6.07, 6.45) is 3.18. The van der Waals surface area contributed by atoms with Crippen LogP contribution in [0.25, 0.3) is 12.2 Å². The summed E-state index contributed by atoms with van der Waals surface area (Å²) in [5.41, 5.74) is 1.77. The average molecular weight is 723 g/mol. The Morgan fingerprint density at radius 3 is 1.76 bits per heavy atom. The van der Waals surface area contributed by atoms with Crippen LogP contribution in [0, 0.1) is 6.07 Å². The zero-order valence-corrected chi connectivity index (χ0v) is 32.9. The second-order valence-electron chi connectivity index (χ2n) is 10.4. The van der Waals surface area contributed by atoms with Gasteiger partial charge in [-0.2, -0.15) is 35.5 Å². The van der Waals surface area contributed by atoms with Gasteiger partial charge in [0.15, 0.2) is 0 Å². The van der Waals surface area contributed by atoms with E-state index < -0.39 is 15.0 Å². The van der Waals surface area contributed by atoms with E-state index in [4.69, 9.17) is 18.9 Å². The minimum atomic E-state index is -4.85. The van der Waals surface area contributed by atoms with Gasteiger partial charge < -0.3 is 43.9 Å². The van der Waals surface area contributed by atoms with Crippen molar-refractivity contribution in [2.75, 3.05) is 87.3 Å². The molecule has 2 saturated heterocycles. The first-order valence-electron chi connectivity index (χ1n) is 14.9. The van der Waals surface area contributed by atoms with Crippen LogP contribution in [0.3, 0.4) is 0 Å². The Balaban J connectivity index is 0.00000281. The van der Waals surface area contributed by atoms with Crippen LogP contribution in [-0.4, -0.2) is 110 Å². The number of hydrogen-bond donors (Lipinski definition) is 2. The molecule has 252 valence electrons. The summed E-state index contributed by atoms with van der Waals surface area (Å²) in [4.78, 5) is 29.6. The molecule has 0 atom stereocenters. The fraction of sp³-hybridized carbons (Fsp3) is 0.333. The number of aromatic nitrogens is 6. The molecule has 0 aliphatic carbocycles. The molecule has 0 amide bonds. The van der Waals surface area contributed by atoms with Crippen molar-refractivity contribution in [3.05, 3.63) is 53.6 Å². The summed E-state index contributed by atoms with van der Waals surface area (Å²) in [6, 6.07) is 13.0. The van der Waals surface area contributed by atoms with E-state index in [0.717, 1.165) is 0 Å². The molecule has 2 aromatic carbocycles. The molecule has 50 heavy (non-hydrogen) atoms. The minimum Gasteiger partial charge on any atom is -0.744 e. The summed E-state index contributed by atoms with van der Waals surface area (Å²) in [6.45, 7) is 4.71. The third-order valence-electron chi connectivity index (χ3n) is 7.23. The maximum absolute atomic E-state index is 12.3. The summed E-state index contributed by atoms with van der Waals surface area (Å²) in [7, 11) is -1.93. The Kier molecular flexibility index (Phi) is 14.5. The molecule has 2 aromatic heterocycles. The largest absolute Gasteiger partial charge is 1.00 e. The molecule has 2 N–H and O–H groups in total. The van der Waals surface area contributed by atoms with Crippen molar-refractivity contribution < 1.29 is 91.0 Å². The number of nitrogens with zero attached hydrogens (tertiary/aromatic N) is 8. The first-order valence-corrected chi connectivity index (χ1v) is 16.3. The Labute approximate surface area is 333 Å². The summed E-state index contributed by atoms with van der Waals surface area (Å²) >= 11 is 0. The van der Waals surface area contributed by atoms with Crippen LogP contribution in [0.5, 0.6) is 12.0 Å². The van der Waals surface area contributed by atoms with Crippen LogP contribution < -0.4 is 89.0 Å². The van der Waals surface area contributed by atoms with Crippen molar-refractivity contribution in [2.45, 2.75) is 4.90 Å². The van der Waals surface area contributed by atoms with Crippen molar-refractivity contribution in [3.8, 4) is 12.0 Å². The number of ether oxygens (including phenoxy) is 4. The van der Waals surface area contributed by atoms with Gasteiger partial charge in [0.05, 0.1) is 45.5 Å². The van der Waals surface area contributed by atoms with Crippen molar-refractivity contribution in [1.29, 1.82) is 0 Å². The Bertz CT molecular complexity index is 1880. The SMILES string of the molecule is COc1nc(Nc2c[c-]c(/C=C/c3ccc(Nc4nc(OC)nc(N5CCOCC5)n4)cc3S(=O)(=O)[O-])cc2)nc(N2CCOCC2)n1.[Na+].[Na+]. The number of anilines is 6. The van der Waals surface area contributed by atoms with Crippen LogP contribution in [0.2, 0.25) is 0 Å². The smallest absolute Gasteiger partial charge is 0.744 e. The summed E-state index contributed by atoms with van der Waals surface area (Å²) in [5.74, 6) is 1.28. The molecule has 0 saturated carbocycles. The Hall–Kier alpha value is -3.17. The topological polar surface area (TPSA) is 202 Å². The second-order valence-corrected chi connectivity index (χ2v) is 11.8. The van der Waals surface area contributed by atoms with Crippen LogP contribution >= 0.6 is 0 Å². The predicted octanol–water partition coefficient (Wildman–Crippen LogP) is -3.88. The minimum absolute atomic E-state index is 0. The van der Waals surface area contributed by atoms with E-state index >= 15 is 0 Å². The number of benzene rings is 2. The van der Waals surface area contributed by atoms with Gasteiger partial charge in [-0.1, -0.05) is 12.1 Å². The van der Waals surface area contributed by atoms with E-state index in [1.165, 1.54) is 32.4 Å². The van der Waals surface area contributed by atoms with E-state index in [1.54, 1.807) is 30.3 Å². The quantitative estimate of drug-likeness (QED) is 0.0658. The number of methoxy groups -OCH3 is 2. The maximum Gasteiger partial charge on any atom is 1.00 e. The zero-order valence-electron chi connectivity index (χ0n) is 28.1. The molecule has 0 spiro atoms. The fourth-order valence-electron chi connectivity index (χ4n) is 4.82. The van der Waals surface area contributed by atoms with E-state index in [1.807, 2.05) is 9.80 Å². The van der Waals surface area contributed by atoms with E-state index in [2.05, 4.69) is 46.6 Å². The molecule has 17 nitrogen and oxygen atoms in total.